The van der Waals surface area contributed by atoms with Crippen molar-refractivity contribution >= 4 is 21.7 Å². The van der Waals surface area contributed by atoms with E-state index < -0.39 is 9.84 Å². The molecule has 0 saturated carbocycles. The van der Waals surface area contributed by atoms with Crippen LogP contribution in [-0.2, 0) is 16.4 Å². The largest absolute Gasteiger partial charge is 0.348 e. The van der Waals surface area contributed by atoms with Crippen molar-refractivity contribution in [1.29, 1.82) is 0 Å². The zero-order valence-electron chi connectivity index (χ0n) is 13.9. The first kappa shape index (κ1) is 17.3. The summed E-state index contributed by atoms with van der Waals surface area (Å²) in [7, 11) is -1.14. The lowest BCUT2D eigenvalue weighted by atomic mass is 10.2. The van der Waals surface area contributed by atoms with Crippen molar-refractivity contribution in [2.45, 2.75) is 19.0 Å². The third-order valence-corrected chi connectivity index (χ3v) is 5.84. The molecule has 1 aromatic carbocycles. The van der Waals surface area contributed by atoms with Crippen LogP contribution in [0.3, 0.4) is 0 Å². The summed E-state index contributed by atoms with van der Waals surface area (Å²) in [6.07, 6.45) is 3.37. The predicted octanol–water partition coefficient (Wildman–Crippen LogP) is 1.03. The molecule has 1 N–H and O–H groups in total. The number of aromatic nitrogens is 2. The molecule has 1 fully saturated rings. The predicted molar refractivity (Wildman–Crippen MR) is 95.1 cm³/mol. The number of amides is 1. The number of sulfone groups is 1. The summed E-state index contributed by atoms with van der Waals surface area (Å²) in [5.74, 6) is 0.290. The van der Waals surface area contributed by atoms with Crippen LogP contribution in [0.5, 0.6) is 0 Å². The molecule has 7 nitrogen and oxygen atoms in total. The SMILES string of the molecule is CN(Cc1ccccc1)c1ncc(C(=O)NC2CCS(=O)(=O)C2)cn1. The van der Waals surface area contributed by atoms with Crippen LogP contribution in [0.25, 0.3) is 0 Å². The highest BCUT2D eigenvalue weighted by Gasteiger charge is 2.29. The summed E-state index contributed by atoms with van der Waals surface area (Å²) in [5.41, 5.74) is 1.46. The number of hydrogen-bond acceptors (Lipinski definition) is 6. The first-order valence-electron chi connectivity index (χ1n) is 8.01. The van der Waals surface area contributed by atoms with Gasteiger partial charge in [0.05, 0.1) is 17.1 Å². The monoisotopic (exact) mass is 360 g/mol. The molecule has 1 unspecified atom stereocenters. The Balaban J connectivity index is 1.60. The minimum Gasteiger partial charge on any atom is -0.348 e. The number of benzene rings is 1. The Labute approximate surface area is 147 Å². The van der Waals surface area contributed by atoms with Crippen LogP contribution in [-0.4, -0.2) is 48.9 Å². The molecule has 25 heavy (non-hydrogen) atoms. The lowest BCUT2D eigenvalue weighted by molar-refractivity contribution is 0.0940. The van der Waals surface area contributed by atoms with E-state index in [9.17, 15) is 13.2 Å². The van der Waals surface area contributed by atoms with Crippen molar-refractivity contribution in [2.24, 2.45) is 0 Å². The molecule has 2 aromatic rings. The minimum absolute atomic E-state index is 0.00249. The second-order valence-corrected chi connectivity index (χ2v) is 8.42. The van der Waals surface area contributed by atoms with Gasteiger partial charge >= 0.3 is 0 Å². The molecular weight excluding hydrogens is 340 g/mol. The van der Waals surface area contributed by atoms with E-state index in [0.29, 0.717) is 24.5 Å². The molecule has 0 spiro atoms. The van der Waals surface area contributed by atoms with Gasteiger partial charge in [-0.1, -0.05) is 30.3 Å². The van der Waals surface area contributed by atoms with Gasteiger partial charge in [0, 0.05) is 32.0 Å². The van der Waals surface area contributed by atoms with Gasteiger partial charge in [0.25, 0.3) is 5.91 Å². The molecule has 0 radical (unpaired) electrons. The van der Waals surface area contributed by atoms with Gasteiger partial charge in [-0.05, 0) is 12.0 Å². The van der Waals surface area contributed by atoms with Crippen molar-refractivity contribution in [3.63, 3.8) is 0 Å². The van der Waals surface area contributed by atoms with Gasteiger partial charge in [0.1, 0.15) is 0 Å². The van der Waals surface area contributed by atoms with Crippen LogP contribution in [0.4, 0.5) is 5.95 Å². The van der Waals surface area contributed by atoms with Crippen LogP contribution in [0.1, 0.15) is 22.3 Å². The third-order valence-electron chi connectivity index (χ3n) is 4.07. The van der Waals surface area contributed by atoms with Crippen LogP contribution >= 0.6 is 0 Å². The summed E-state index contributed by atoms with van der Waals surface area (Å²) in [5, 5.41) is 2.73. The fourth-order valence-corrected chi connectivity index (χ4v) is 4.41. The molecular formula is C17H20N4O3S. The van der Waals surface area contributed by atoms with Crippen molar-refractivity contribution in [2.75, 3.05) is 23.5 Å². The molecule has 1 saturated heterocycles. The maximum absolute atomic E-state index is 12.2. The molecule has 1 aliphatic heterocycles. The molecule has 1 aliphatic rings. The smallest absolute Gasteiger partial charge is 0.254 e. The topological polar surface area (TPSA) is 92.3 Å². The van der Waals surface area contributed by atoms with E-state index in [4.69, 9.17) is 0 Å². The van der Waals surface area contributed by atoms with Crippen molar-refractivity contribution < 1.29 is 13.2 Å². The van der Waals surface area contributed by atoms with Gasteiger partial charge < -0.3 is 10.2 Å². The summed E-state index contributed by atoms with van der Waals surface area (Å²) in [6.45, 7) is 0.659. The number of nitrogens with zero attached hydrogens (tertiary/aromatic N) is 3. The lowest BCUT2D eigenvalue weighted by Crippen LogP contribution is -2.35. The Kier molecular flexibility index (Phi) is 4.98. The van der Waals surface area contributed by atoms with Gasteiger partial charge in [-0.15, -0.1) is 0 Å². The van der Waals surface area contributed by atoms with E-state index in [2.05, 4.69) is 15.3 Å². The second kappa shape index (κ2) is 7.18. The molecule has 0 aliphatic carbocycles. The van der Waals surface area contributed by atoms with Gasteiger partial charge in [-0.2, -0.15) is 0 Å². The summed E-state index contributed by atoms with van der Waals surface area (Å²) in [4.78, 5) is 22.5. The molecule has 8 heteroatoms. The average molecular weight is 360 g/mol. The standard InChI is InChI=1S/C17H20N4O3S/c1-21(11-13-5-3-2-4-6-13)17-18-9-14(10-19-17)16(22)20-15-7-8-25(23,24)12-15/h2-6,9-10,15H,7-8,11-12H2,1H3,(H,20,22). The summed E-state index contributed by atoms with van der Waals surface area (Å²) in [6, 6.07) is 9.62. The van der Waals surface area contributed by atoms with E-state index in [1.54, 1.807) is 0 Å². The fraction of sp³-hybridized carbons (Fsp3) is 0.353. The fourth-order valence-electron chi connectivity index (χ4n) is 2.74. The average Bonchev–Trinajstić information content (AvgIpc) is 2.94. The molecule has 1 amide bonds. The van der Waals surface area contributed by atoms with Crippen LogP contribution in [0.15, 0.2) is 42.7 Å². The highest BCUT2D eigenvalue weighted by atomic mass is 32.2. The zero-order chi connectivity index (χ0) is 17.9. The van der Waals surface area contributed by atoms with Crippen LogP contribution in [0.2, 0.25) is 0 Å². The molecule has 0 bridgehead atoms. The number of carbonyl (C=O) groups excluding carboxylic acids is 1. The molecule has 1 atom stereocenters. The quantitative estimate of drug-likeness (QED) is 0.856. The third kappa shape index (κ3) is 4.54. The Morgan fingerprint density at radius 3 is 2.52 bits per heavy atom. The number of rotatable bonds is 5. The van der Waals surface area contributed by atoms with Crippen LogP contribution < -0.4 is 10.2 Å². The molecule has 3 rings (SSSR count). The maximum atomic E-state index is 12.2. The van der Waals surface area contributed by atoms with Gasteiger partial charge in [0.15, 0.2) is 9.84 Å². The van der Waals surface area contributed by atoms with Gasteiger partial charge in [0.2, 0.25) is 5.95 Å². The number of anilines is 1. The van der Waals surface area contributed by atoms with E-state index in [1.807, 2.05) is 42.3 Å². The summed E-state index contributed by atoms with van der Waals surface area (Å²) >= 11 is 0. The molecule has 132 valence electrons. The number of carbonyl (C=O) groups is 1. The second-order valence-electron chi connectivity index (χ2n) is 6.19. The molecule has 1 aromatic heterocycles. The Hall–Kier alpha value is -2.48. The minimum atomic E-state index is -3.02. The van der Waals surface area contributed by atoms with Gasteiger partial charge in [-0.3, -0.25) is 4.79 Å². The normalized spacial score (nSPS) is 18.7. The van der Waals surface area contributed by atoms with Crippen molar-refractivity contribution in [1.82, 2.24) is 15.3 Å². The Bertz CT molecular complexity index is 838. The zero-order valence-corrected chi connectivity index (χ0v) is 14.7. The van der Waals surface area contributed by atoms with Gasteiger partial charge in [-0.25, -0.2) is 18.4 Å². The highest BCUT2D eigenvalue weighted by Crippen LogP contribution is 2.13. The van der Waals surface area contributed by atoms with Crippen LogP contribution in [0, 0.1) is 0 Å². The highest BCUT2D eigenvalue weighted by molar-refractivity contribution is 7.91. The lowest BCUT2D eigenvalue weighted by Gasteiger charge is -2.17. The van der Waals surface area contributed by atoms with E-state index in [-0.39, 0.29) is 23.5 Å². The Morgan fingerprint density at radius 2 is 1.92 bits per heavy atom. The van der Waals surface area contributed by atoms with E-state index >= 15 is 0 Å². The maximum Gasteiger partial charge on any atom is 0.254 e. The van der Waals surface area contributed by atoms with E-state index in [0.717, 1.165) is 5.56 Å². The Morgan fingerprint density at radius 1 is 1.24 bits per heavy atom. The number of hydrogen-bond donors (Lipinski definition) is 1. The van der Waals surface area contributed by atoms with Crippen molar-refractivity contribution in [3.05, 3.63) is 53.9 Å². The first-order chi connectivity index (χ1) is 11.9. The van der Waals surface area contributed by atoms with Crippen molar-refractivity contribution in [3.8, 4) is 0 Å². The first-order valence-corrected chi connectivity index (χ1v) is 9.83. The summed E-state index contributed by atoms with van der Waals surface area (Å²) < 4.78 is 22.9. The molecule has 2 heterocycles. The van der Waals surface area contributed by atoms with E-state index in [1.165, 1.54) is 12.4 Å². The number of nitrogens with one attached hydrogen (secondary N) is 1.